The molecule has 10 nitrogen and oxygen atoms in total. The van der Waals surface area contributed by atoms with Gasteiger partial charge in [-0.2, -0.15) is 0 Å². The fourth-order valence-corrected chi connectivity index (χ4v) is 4.01. The number of Topliss-reactive ketones (excluding diaryl/α,β-unsaturated/α-hetero) is 1. The number of aromatic nitrogens is 1. The van der Waals surface area contributed by atoms with Gasteiger partial charge in [-0.15, -0.1) is 0 Å². The number of aryl methyl sites for hydroxylation is 1. The van der Waals surface area contributed by atoms with Crippen LogP contribution in [0.1, 0.15) is 32.1 Å². The molecule has 2 aromatic carbocycles. The number of nitrogens with two attached hydrogens (primary N) is 1. The van der Waals surface area contributed by atoms with E-state index in [1.807, 2.05) is 0 Å². The first kappa shape index (κ1) is 25.7. The Hall–Kier alpha value is -3.96. The maximum absolute atomic E-state index is 12.7. The number of hydrogen-bond donors (Lipinski definition) is 2. The van der Waals surface area contributed by atoms with Gasteiger partial charge >= 0.3 is 5.97 Å². The Morgan fingerprint density at radius 3 is 2.20 bits per heavy atom. The van der Waals surface area contributed by atoms with E-state index in [-0.39, 0.29) is 4.90 Å². The van der Waals surface area contributed by atoms with Gasteiger partial charge in [0.1, 0.15) is 12.3 Å². The van der Waals surface area contributed by atoms with E-state index in [1.165, 1.54) is 19.2 Å². The second kappa shape index (κ2) is 10.5. The summed E-state index contributed by atoms with van der Waals surface area (Å²) >= 11 is 0. The van der Waals surface area contributed by atoms with E-state index >= 15 is 0 Å². The zero-order valence-electron chi connectivity index (χ0n) is 19.4. The highest BCUT2D eigenvalue weighted by molar-refractivity contribution is 7.89. The number of esters is 1. The zero-order chi connectivity index (χ0) is 25.8. The number of hydrogen-bond acceptors (Lipinski definition) is 7. The summed E-state index contributed by atoms with van der Waals surface area (Å²) in [5.41, 5.74) is 2.67. The summed E-state index contributed by atoms with van der Waals surface area (Å²) in [4.78, 5) is 36.8. The second-order valence-electron chi connectivity index (χ2n) is 7.65. The number of sulfonamides is 1. The van der Waals surface area contributed by atoms with Crippen LogP contribution in [-0.4, -0.2) is 50.9 Å². The van der Waals surface area contributed by atoms with Crippen molar-refractivity contribution in [2.24, 2.45) is 5.14 Å². The molecule has 0 saturated carbocycles. The molecule has 11 heteroatoms. The number of primary sulfonamides is 1. The molecule has 1 aromatic heterocycles. The van der Waals surface area contributed by atoms with Crippen LogP contribution in [0.15, 0.2) is 59.5 Å². The number of ether oxygens (including phenoxy) is 2. The third-order valence-electron chi connectivity index (χ3n) is 5.26. The average Bonchev–Trinajstić information content (AvgIpc) is 3.14. The summed E-state index contributed by atoms with van der Waals surface area (Å²) in [6, 6.07) is 13.9. The van der Waals surface area contributed by atoms with Crippen molar-refractivity contribution in [3.63, 3.8) is 0 Å². The summed E-state index contributed by atoms with van der Waals surface area (Å²) in [6.07, 6.45) is 0. The Kier molecular flexibility index (Phi) is 7.72. The highest BCUT2D eigenvalue weighted by Gasteiger charge is 2.19. The Balaban J connectivity index is 1.60. The number of carbonyl (C=O) groups is 3. The van der Waals surface area contributed by atoms with E-state index in [1.54, 1.807) is 60.9 Å². The number of ketones is 1. The lowest BCUT2D eigenvalue weighted by Gasteiger charge is -2.11. The molecule has 3 N–H and O–H groups in total. The standard InChI is InChI=1S/C24H25N3O7S/c1-15-12-21(16(2)27(15)18-6-10-20(11-7-18)35(25,31)32)22(28)14-34-23(29)13-26-24(30)17-4-8-19(33-3)9-5-17/h4-12H,13-14H2,1-3H3,(H,26,30)(H2,25,31,32). The lowest BCUT2D eigenvalue weighted by atomic mass is 10.1. The molecule has 0 spiro atoms. The zero-order valence-corrected chi connectivity index (χ0v) is 20.2. The van der Waals surface area contributed by atoms with Crippen molar-refractivity contribution >= 4 is 27.7 Å². The lowest BCUT2D eigenvalue weighted by Crippen LogP contribution is -2.31. The molecule has 0 aliphatic heterocycles. The minimum absolute atomic E-state index is 0.0222. The monoisotopic (exact) mass is 499 g/mol. The lowest BCUT2D eigenvalue weighted by molar-refractivity contribution is -0.141. The van der Waals surface area contributed by atoms with Crippen molar-refractivity contribution in [1.82, 2.24) is 9.88 Å². The first-order valence-electron chi connectivity index (χ1n) is 10.4. The van der Waals surface area contributed by atoms with E-state index in [0.29, 0.717) is 28.3 Å². The van der Waals surface area contributed by atoms with Gasteiger partial charge in [-0.1, -0.05) is 0 Å². The number of methoxy groups -OCH3 is 1. The molecular weight excluding hydrogens is 474 g/mol. The predicted octanol–water partition coefficient (Wildman–Crippen LogP) is 1.91. The van der Waals surface area contributed by atoms with Crippen molar-refractivity contribution in [3.05, 3.63) is 77.1 Å². The van der Waals surface area contributed by atoms with Gasteiger partial charge in [0.05, 0.1) is 12.0 Å². The number of nitrogens with one attached hydrogen (secondary N) is 1. The van der Waals surface area contributed by atoms with E-state index in [2.05, 4.69) is 5.32 Å². The van der Waals surface area contributed by atoms with E-state index in [0.717, 1.165) is 5.69 Å². The van der Waals surface area contributed by atoms with Gasteiger partial charge in [0, 0.05) is 28.2 Å². The molecule has 0 aliphatic carbocycles. The largest absolute Gasteiger partial charge is 0.497 e. The fourth-order valence-electron chi connectivity index (χ4n) is 3.50. The number of carbonyl (C=O) groups excluding carboxylic acids is 3. The Bertz CT molecular complexity index is 1360. The van der Waals surface area contributed by atoms with Gasteiger partial charge in [-0.3, -0.25) is 14.4 Å². The summed E-state index contributed by atoms with van der Waals surface area (Å²) in [5, 5.41) is 7.58. The Morgan fingerprint density at radius 2 is 1.63 bits per heavy atom. The number of rotatable bonds is 9. The molecule has 1 heterocycles. The summed E-state index contributed by atoms with van der Waals surface area (Å²) in [7, 11) is -2.31. The van der Waals surface area contributed by atoms with E-state index < -0.39 is 40.8 Å². The molecule has 0 bridgehead atoms. The molecule has 35 heavy (non-hydrogen) atoms. The number of benzene rings is 2. The molecule has 3 aromatic rings. The molecule has 0 atom stereocenters. The molecule has 0 saturated heterocycles. The quantitative estimate of drug-likeness (QED) is 0.338. The molecule has 0 unspecified atom stereocenters. The van der Waals surface area contributed by atoms with Gasteiger partial charge in [0.15, 0.2) is 6.61 Å². The van der Waals surface area contributed by atoms with E-state index in [9.17, 15) is 22.8 Å². The fraction of sp³-hybridized carbons (Fsp3) is 0.208. The van der Waals surface area contributed by atoms with Crippen LogP contribution in [0, 0.1) is 13.8 Å². The van der Waals surface area contributed by atoms with Crippen LogP contribution < -0.4 is 15.2 Å². The van der Waals surface area contributed by atoms with Crippen LogP contribution >= 0.6 is 0 Å². The van der Waals surface area contributed by atoms with Crippen LogP contribution in [0.5, 0.6) is 5.75 Å². The van der Waals surface area contributed by atoms with Crippen molar-refractivity contribution in [2.75, 3.05) is 20.3 Å². The van der Waals surface area contributed by atoms with Crippen molar-refractivity contribution in [3.8, 4) is 11.4 Å². The van der Waals surface area contributed by atoms with Gasteiger partial charge < -0.3 is 19.4 Å². The average molecular weight is 500 g/mol. The minimum atomic E-state index is -3.82. The van der Waals surface area contributed by atoms with Crippen molar-refractivity contribution < 1.29 is 32.3 Å². The summed E-state index contributed by atoms with van der Waals surface area (Å²) < 4.78 is 34.8. The van der Waals surface area contributed by atoms with Crippen LogP contribution in [0.4, 0.5) is 0 Å². The molecule has 3 rings (SSSR count). The molecule has 0 aliphatic rings. The second-order valence-corrected chi connectivity index (χ2v) is 9.22. The molecular formula is C24H25N3O7S. The number of nitrogens with zero attached hydrogens (tertiary/aromatic N) is 1. The van der Waals surface area contributed by atoms with Crippen molar-refractivity contribution in [2.45, 2.75) is 18.7 Å². The Morgan fingerprint density at radius 1 is 1.00 bits per heavy atom. The molecule has 1 amide bonds. The summed E-state index contributed by atoms with van der Waals surface area (Å²) in [6.45, 7) is 2.63. The number of amides is 1. The first-order valence-corrected chi connectivity index (χ1v) is 12.0. The third-order valence-corrected chi connectivity index (χ3v) is 6.19. The van der Waals surface area contributed by atoms with Gasteiger partial charge in [-0.05, 0) is 68.4 Å². The summed E-state index contributed by atoms with van der Waals surface area (Å²) in [5.74, 6) is -1.04. The normalized spacial score (nSPS) is 11.1. The highest BCUT2D eigenvalue weighted by atomic mass is 32.2. The van der Waals surface area contributed by atoms with Gasteiger partial charge in [-0.25, -0.2) is 13.6 Å². The SMILES string of the molecule is COc1ccc(C(=O)NCC(=O)OCC(=O)c2cc(C)n(-c3ccc(S(N)(=O)=O)cc3)c2C)cc1. The predicted molar refractivity (Wildman–Crippen MR) is 127 cm³/mol. The maximum Gasteiger partial charge on any atom is 0.325 e. The smallest absolute Gasteiger partial charge is 0.325 e. The van der Waals surface area contributed by atoms with Gasteiger partial charge in [0.2, 0.25) is 15.8 Å². The highest BCUT2D eigenvalue weighted by Crippen LogP contribution is 2.22. The van der Waals surface area contributed by atoms with Crippen LogP contribution in [-0.2, 0) is 19.6 Å². The minimum Gasteiger partial charge on any atom is -0.497 e. The van der Waals surface area contributed by atoms with Crippen LogP contribution in [0.3, 0.4) is 0 Å². The van der Waals surface area contributed by atoms with Crippen LogP contribution in [0.25, 0.3) is 5.69 Å². The Labute approximate surface area is 202 Å². The van der Waals surface area contributed by atoms with Crippen molar-refractivity contribution in [1.29, 1.82) is 0 Å². The van der Waals surface area contributed by atoms with E-state index in [4.69, 9.17) is 14.6 Å². The molecule has 184 valence electrons. The third kappa shape index (κ3) is 6.14. The molecule has 0 radical (unpaired) electrons. The first-order chi connectivity index (χ1) is 16.5. The molecule has 0 fully saturated rings. The topological polar surface area (TPSA) is 147 Å². The van der Waals surface area contributed by atoms with Crippen LogP contribution in [0.2, 0.25) is 0 Å². The maximum atomic E-state index is 12.7. The van der Waals surface area contributed by atoms with Gasteiger partial charge in [0.25, 0.3) is 5.91 Å².